The summed E-state index contributed by atoms with van der Waals surface area (Å²) in [6.07, 6.45) is 1.17. The summed E-state index contributed by atoms with van der Waals surface area (Å²) in [4.78, 5) is 13.1. The summed E-state index contributed by atoms with van der Waals surface area (Å²) in [5, 5.41) is 3.09. The van der Waals surface area contributed by atoms with E-state index in [2.05, 4.69) is 25.2 Å². The predicted octanol–water partition coefficient (Wildman–Crippen LogP) is 5.98. The number of anilines is 1. The molecule has 1 amide bonds. The van der Waals surface area contributed by atoms with E-state index in [9.17, 15) is 13.2 Å². The molecule has 3 aromatic carbocycles. The minimum Gasteiger partial charge on any atom is -0.496 e. The van der Waals surface area contributed by atoms with Gasteiger partial charge >= 0.3 is 0 Å². The maximum absolute atomic E-state index is 13.1. The van der Waals surface area contributed by atoms with Crippen molar-refractivity contribution < 1.29 is 22.7 Å². The van der Waals surface area contributed by atoms with Gasteiger partial charge in [0.25, 0.3) is 5.91 Å². The topological polar surface area (TPSA) is 84.9 Å². The molecule has 0 aromatic heterocycles. The largest absolute Gasteiger partial charge is 0.496 e. The van der Waals surface area contributed by atoms with Gasteiger partial charge in [0.1, 0.15) is 11.5 Å². The van der Waals surface area contributed by atoms with Gasteiger partial charge in [-0.2, -0.15) is 0 Å². The normalized spacial score (nSPS) is 12.2. The van der Waals surface area contributed by atoms with E-state index in [0.717, 1.165) is 28.0 Å². The summed E-state index contributed by atoms with van der Waals surface area (Å²) in [6.45, 7) is 10.6. The molecular formula is C30H38N2O5S. The second-order valence-corrected chi connectivity index (χ2v) is 11.6. The van der Waals surface area contributed by atoms with Gasteiger partial charge < -0.3 is 14.8 Å². The summed E-state index contributed by atoms with van der Waals surface area (Å²) >= 11 is 0. The highest BCUT2D eigenvalue weighted by Gasteiger charge is 2.22. The van der Waals surface area contributed by atoms with E-state index in [1.807, 2.05) is 26.8 Å². The smallest absolute Gasteiger partial charge is 0.251 e. The molecule has 8 heteroatoms. The van der Waals surface area contributed by atoms with Crippen molar-refractivity contribution in [1.29, 1.82) is 0 Å². The summed E-state index contributed by atoms with van der Waals surface area (Å²) in [5.41, 5.74) is 4.90. The van der Waals surface area contributed by atoms with Crippen LogP contribution >= 0.6 is 0 Å². The standard InChI is InChI=1S/C30H38N2O5S/c1-8-37-28-12-10-9-11-27(28)32(38(7,34)35)19-23-13-15-24(16-14-23)30(33)31-22(5)26-18-25(20(2)3)29(36-6)17-21(26)4/h9-18,20,22H,8,19H2,1-7H3,(H,31,33)/t22-/m1/s1. The van der Waals surface area contributed by atoms with E-state index in [1.165, 1.54) is 10.6 Å². The highest BCUT2D eigenvalue weighted by Crippen LogP contribution is 2.33. The van der Waals surface area contributed by atoms with Crippen LogP contribution in [0.5, 0.6) is 11.5 Å². The van der Waals surface area contributed by atoms with Gasteiger partial charge in [-0.25, -0.2) is 8.42 Å². The number of hydrogen-bond donors (Lipinski definition) is 1. The number of para-hydroxylation sites is 2. The Hall–Kier alpha value is -3.52. The molecule has 0 fully saturated rings. The molecule has 3 rings (SSSR count). The zero-order chi connectivity index (χ0) is 28.0. The number of rotatable bonds is 11. The number of carbonyl (C=O) groups is 1. The number of sulfonamides is 1. The molecule has 204 valence electrons. The van der Waals surface area contributed by atoms with Crippen LogP contribution in [0, 0.1) is 6.92 Å². The molecule has 0 heterocycles. The van der Waals surface area contributed by atoms with Crippen molar-refractivity contribution in [2.75, 3.05) is 24.3 Å². The lowest BCUT2D eigenvalue weighted by Gasteiger charge is -2.25. The zero-order valence-electron chi connectivity index (χ0n) is 23.2. The lowest BCUT2D eigenvalue weighted by atomic mass is 9.93. The second-order valence-electron chi connectivity index (χ2n) is 9.67. The van der Waals surface area contributed by atoms with Crippen molar-refractivity contribution >= 4 is 21.6 Å². The van der Waals surface area contributed by atoms with Crippen LogP contribution in [0.3, 0.4) is 0 Å². The van der Waals surface area contributed by atoms with Gasteiger partial charge in [0, 0.05) is 5.56 Å². The van der Waals surface area contributed by atoms with Crippen LogP contribution in [0.15, 0.2) is 60.7 Å². The summed E-state index contributed by atoms with van der Waals surface area (Å²) in [6, 6.07) is 17.9. The van der Waals surface area contributed by atoms with Crippen LogP contribution < -0.4 is 19.1 Å². The highest BCUT2D eigenvalue weighted by atomic mass is 32.2. The van der Waals surface area contributed by atoms with E-state index in [1.54, 1.807) is 55.6 Å². The van der Waals surface area contributed by atoms with Gasteiger partial charge in [-0.3, -0.25) is 9.10 Å². The molecule has 0 bridgehead atoms. The number of ether oxygens (including phenoxy) is 2. The van der Waals surface area contributed by atoms with Gasteiger partial charge in [-0.15, -0.1) is 0 Å². The molecule has 1 N–H and O–H groups in total. The minimum absolute atomic E-state index is 0.115. The maximum atomic E-state index is 13.1. The van der Waals surface area contributed by atoms with Crippen molar-refractivity contribution in [3.05, 3.63) is 88.5 Å². The molecule has 3 aromatic rings. The number of benzene rings is 3. The number of amides is 1. The maximum Gasteiger partial charge on any atom is 0.251 e. The van der Waals surface area contributed by atoms with E-state index in [0.29, 0.717) is 23.6 Å². The second kappa shape index (κ2) is 12.3. The monoisotopic (exact) mass is 538 g/mol. The third-order valence-electron chi connectivity index (χ3n) is 6.43. The van der Waals surface area contributed by atoms with Crippen molar-refractivity contribution in [3.8, 4) is 11.5 Å². The number of methoxy groups -OCH3 is 1. The molecule has 0 saturated carbocycles. The third-order valence-corrected chi connectivity index (χ3v) is 7.56. The Kier molecular flexibility index (Phi) is 9.44. The summed E-state index contributed by atoms with van der Waals surface area (Å²) in [7, 11) is -1.92. The molecule has 0 unspecified atom stereocenters. The first-order valence-electron chi connectivity index (χ1n) is 12.7. The molecule has 0 radical (unpaired) electrons. The lowest BCUT2D eigenvalue weighted by molar-refractivity contribution is 0.0939. The molecule has 7 nitrogen and oxygen atoms in total. The molecule has 0 spiro atoms. The van der Waals surface area contributed by atoms with Crippen LogP contribution in [0.1, 0.15) is 72.3 Å². The Labute approximate surface area is 226 Å². The number of carbonyl (C=O) groups excluding carboxylic acids is 1. The van der Waals surface area contributed by atoms with Gasteiger partial charge in [0.05, 0.1) is 38.2 Å². The SMILES string of the molecule is CCOc1ccccc1N(Cc1ccc(C(=O)N[C@H](C)c2cc(C(C)C)c(OC)cc2C)cc1)S(C)(=O)=O. The average molecular weight is 539 g/mol. The molecule has 38 heavy (non-hydrogen) atoms. The van der Waals surface area contributed by atoms with E-state index >= 15 is 0 Å². The molecule has 0 aliphatic rings. The van der Waals surface area contributed by atoms with E-state index in [-0.39, 0.29) is 24.4 Å². The minimum atomic E-state index is -3.58. The summed E-state index contributed by atoms with van der Waals surface area (Å²) in [5.74, 6) is 1.43. The number of hydrogen-bond acceptors (Lipinski definition) is 5. The van der Waals surface area contributed by atoms with Crippen LogP contribution in [-0.2, 0) is 16.6 Å². The molecule has 0 aliphatic carbocycles. The van der Waals surface area contributed by atoms with Gasteiger partial charge in [-0.05, 0) is 85.3 Å². The first kappa shape index (κ1) is 29.0. The highest BCUT2D eigenvalue weighted by molar-refractivity contribution is 7.92. The Morgan fingerprint density at radius 3 is 2.21 bits per heavy atom. The lowest BCUT2D eigenvalue weighted by Crippen LogP contribution is -2.30. The Bertz CT molecular complexity index is 1370. The molecule has 0 saturated heterocycles. The summed E-state index contributed by atoms with van der Waals surface area (Å²) < 4.78 is 37.8. The average Bonchev–Trinajstić information content (AvgIpc) is 2.87. The number of aryl methyl sites for hydroxylation is 1. The van der Waals surface area contributed by atoms with Crippen molar-refractivity contribution in [3.63, 3.8) is 0 Å². The van der Waals surface area contributed by atoms with Crippen LogP contribution in [0.4, 0.5) is 5.69 Å². The number of nitrogens with zero attached hydrogens (tertiary/aromatic N) is 1. The zero-order valence-corrected chi connectivity index (χ0v) is 24.1. The predicted molar refractivity (Wildman–Crippen MR) is 153 cm³/mol. The Morgan fingerprint density at radius 2 is 1.63 bits per heavy atom. The quantitative estimate of drug-likeness (QED) is 0.325. The van der Waals surface area contributed by atoms with Crippen molar-refractivity contribution in [2.45, 2.75) is 53.1 Å². The fourth-order valence-corrected chi connectivity index (χ4v) is 5.31. The van der Waals surface area contributed by atoms with Crippen LogP contribution in [0.2, 0.25) is 0 Å². The first-order chi connectivity index (χ1) is 18.0. The molecule has 1 atom stereocenters. The van der Waals surface area contributed by atoms with E-state index < -0.39 is 10.0 Å². The fourth-order valence-electron chi connectivity index (χ4n) is 4.42. The number of nitrogens with one attached hydrogen (secondary N) is 1. The molecular weight excluding hydrogens is 500 g/mol. The van der Waals surface area contributed by atoms with Crippen LogP contribution in [0.25, 0.3) is 0 Å². The Morgan fingerprint density at radius 1 is 0.974 bits per heavy atom. The molecule has 0 aliphatic heterocycles. The van der Waals surface area contributed by atoms with Crippen LogP contribution in [-0.4, -0.2) is 34.3 Å². The van der Waals surface area contributed by atoms with Gasteiger partial charge in [0.15, 0.2) is 0 Å². The fraction of sp³-hybridized carbons (Fsp3) is 0.367. The van der Waals surface area contributed by atoms with E-state index in [4.69, 9.17) is 9.47 Å². The van der Waals surface area contributed by atoms with Gasteiger partial charge in [-0.1, -0.05) is 38.1 Å². The Balaban J connectivity index is 1.79. The van der Waals surface area contributed by atoms with Gasteiger partial charge in [0.2, 0.25) is 10.0 Å². The van der Waals surface area contributed by atoms with Crippen molar-refractivity contribution in [1.82, 2.24) is 5.32 Å². The first-order valence-corrected chi connectivity index (χ1v) is 14.6. The van der Waals surface area contributed by atoms with Crippen molar-refractivity contribution in [2.24, 2.45) is 0 Å². The third kappa shape index (κ3) is 6.86.